The molecule has 1 aromatic carbocycles. The molecule has 0 radical (unpaired) electrons. The van der Waals surface area contributed by atoms with Gasteiger partial charge in [-0.15, -0.1) is 11.3 Å². The van der Waals surface area contributed by atoms with Gasteiger partial charge in [0.1, 0.15) is 5.82 Å². The summed E-state index contributed by atoms with van der Waals surface area (Å²) in [6.45, 7) is 1.96. The maximum absolute atomic E-state index is 13.6. The summed E-state index contributed by atoms with van der Waals surface area (Å²) in [5, 5.41) is 2.98. The SMILES string of the molecule is CC(=O)c1ccc(CCNC(=O)Cc2c(F)cccc2Cl)s1. The highest BCUT2D eigenvalue weighted by Crippen LogP contribution is 2.19. The zero-order valence-electron chi connectivity index (χ0n) is 12.0. The van der Waals surface area contributed by atoms with Crippen molar-refractivity contribution in [2.75, 3.05) is 6.54 Å². The van der Waals surface area contributed by atoms with Crippen LogP contribution in [0.5, 0.6) is 0 Å². The summed E-state index contributed by atoms with van der Waals surface area (Å²) < 4.78 is 13.6. The molecule has 3 nitrogen and oxygen atoms in total. The van der Waals surface area contributed by atoms with E-state index in [4.69, 9.17) is 11.6 Å². The minimum absolute atomic E-state index is 0.0366. The Labute approximate surface area is 137 Å². The molecule has 0 aliphatic heterocycles. The van der Waals surface area contributed by atoms with Crippen molar-refractivity contribution in [3.05, 3.63) is 56.5 Å². The molecule has 0 atom stereocenters. The minimum Gasteiger partial charge on any atom is -0.355 e. The van der Waals surface area contributed by atoms with Gasteiger partial charge in [-0.1, -0.05) is 17.7 Å². The zero-order chi connectivity index (χ0) is 16.1. The van der Waals surface area contributed by atoms with E-state index in [1.807, 2.05) is 6.07 Å². The number of hydrogen-bond donors (Lipinski definition) is 1. The Bertz CT molecular complexity index is 679. The first kappa shape index (κ1) is 16.6. The molecule has 6 heteroatoms. The van der Waals surface area contributed by atoms with Crippen LogP contribution in [0.15, 0.2) is 30.3 Å². The van der Waals surface area contributed by atoms with Crippen molar-refractivity contribution in [3.8, 4) is 0 Å². The molecular formula is C16H15ClFNO2S. The van der Waals surface area contributed by atoms with E-state index < -0.39 is 5.82 Å². The maximum atomic E-state index is 13.6. The molecule has 22 heavy (non-hydrogen) atoms. The Morgan fingerprint density at radius 1 is 1.27 bits per heavy atom. The molecule has 0 spiro atoms. The van der Waals surface area contributed by atoms with Crippen molar-refractivity contribution in [1.29, 1.82) is 0 Å². The number of hydrogen-bond acceptors (Lipinski definition) is 3. The summed E-state index contributed by atoms with van der Waals surface area (Å²) in [6, 6.07) is 8.00. The van der Waals surface area contributed by atoms with Gasteiger partial charge >= 0.3 is 0 Å². The lowest BCUT2D eigenvalue weighted by Gasteiger charge is -2.07. The van der Waals surface area contributed by atoms with E-state index in [0.29, 0.717) is 17.8 Å². The second-order valence-electron chi connectivity index (χ2n) is 4.80. The van der Waals surface area contributed by atoms with E-state index in [0.717, 1.165) is 4.88 Å². The largest absolute Gasteiger partial charge is 0.355 e. The first-order valence-electron chi connectivity index (χ1n) is 6.76. The van der Waals surface area contributed by atoms with Crippen molar-refractivity contribution in [3.63, 3.8) is 0 Å². The van der Waals surface area contributed by atoms with Gasteiger partial charge in [0.25, 0.3) is 0 Å². The van der Waals surface area contributed by atoms with Crippen LogP contribution in [0.2, 0.25) is 5.02 Å². The standard InChI is InChI=1S/C16H15ClFNO2S/c1-10(20)15-6-5-11(22-15)7-8-19-16(21)9-12-13(17)3-2-4-14(12)18/h2-6H,7-9H2,1H3,(H,19,21). The molecule has 2 rings (SSSR count). The van der Waals surface area contributed by atoms with Crippen LogP contribution < -0.4 is 5.32 Å². The molecule has 1 N–H and O–H groups in total. The van der Waals surface area contributed by atoms with Crippen LogP contribution in [-0.4, -0.2) is 18.2 Å². The van der Waals surface area contributed by atoms with Crippen LogP contribution in [0, 0.1) is 5.82 Å². The highest BCUT2D eigenvalue weighted by Gasteiger charge is 2.11. The van der Waals surface area contributed by atoms with Gasteiger partial charge in [-0.2, -0.15) is 0 Å². The molecule has 0 bridgehead atoms. The fraction of sp³-hybridized carbons (Fsp3) is 0.250. The number of carbonyl (C=O) groups excluding carboxylic acids is 2. The number of carbonyl (C=O) groups is 2. The molecular weight excluding hydrogens is 325 g/mol. The molecule has 116 valence electrons. The Morgan fingerprint density at radius 3 is 2.68 bits per heavy atom. The molecule has 1 amide bonds. The summed E-state index contributed by atoms with van der Waals surface area (Å²) in [5.41, 5.74) is 0.205. The highest BCUT2D eigenvalue weighted by molar-refractivity contribution is 7.14. The average Bonchev–Trinajstić information content (AvgIpc) is 2.92. The maximum Gasteiger partial charge on any atom is 0.224 e. The van der Waals surface area contributed by atoms with Gasteiger partial charge in [0.05, 0.1) is 11.3 Å². The zero-order valence-corrected chi connectivity index (χ0v) is 13.6. The van der Waals surface area contributed by atoms with Crippen LogP contribution in [0.25, 0.3) is 0 Å². The summed E-state index contributed by atoms with van der Waals surface area (Å²) in [6.07, 6.45) is 0.545. The van der Waals surface area contributed by atoms with Gasteiger partial charge in [-0.05, 0) is 37.6 Å². The van der Waals surface area contributed by atoms with Gasteiger partial charge in [0.15, 0.2) is 5.78 Å². The Kier molecular flexibility index (Phi) is 5.69. The van der Waals surface area contributed by atoms with Crippen molar-refractivity contribution in [2.24, 2.45) is 0 Å². The fourth-order valence-electron chi connectivity index (χ4n) is 1.95. The van der Waals surface area contributed by atoms with E-state index in [1.165, 1.54) is 30.4 Å². The lowest BCUT2D eigenvalue weighted by molar-refractivity contribution is -0.120. The van der Waals surface area contributed by atoms with Crippen LogP contribution in [0.1, 0.15) is 27.0 Å². The number of halogens is 2. The van der Waals surface area contributed by atoms with Gasteiger partial charge < -0.3 is 5.32 Å². The average molecular weight is 340 g/mol. The molecule has 0 aliphatic rings. The molecule has 0 unspecified atom stereocenters. The van der Waals surface area contributed by atoms with Crippen LogP contribution >= 0.6 is 22.9 Å². The van der Waals surface area contributed by atoms with Crippen LogP contribution in [0.4, 0.5) is 4.39 Å². The molecule has 1 heterocycles. The van der Waals surface area contributed by atoms with E-state index in [1.54, 1.807) is 12.1 Å². The predicted octanol–water partition coefficient (Wildman–Crippen LogP) is 3.64. The summed E-state index contributed by atoms with van der Waals surface area (Å²) >= 11 is 7.31. The van der Waals surface area contributed by atoms with Crippen molar-refractivity contribution >= 4 is 34.6 Å². The number of thiophene rings is 1. The van der Waals surface area contributed by atoms with Gasteiger partial charge in [0.2, 0.25) is 5.91 Å². The smallest absolute Gasteiger partial charge is 0.224 e. The highest BCUT2D eigenvalue weighted by atomic mass is 35.5. The molecule has 0 fully saturated rings. The van der Waals surface area contributed by atoms with Crippen LogP contribution in [-0.2, 0) is 17.6 Å². The third-order valence-corrected chi connectivity index (χ3v) is 4.70. The quantitative estimate of drug-likeness (QED) is 0.817. The molecule has 0 aliphatic carbocycles. The van der Waals surface area contributed by atoms with Crippen molar-refractivity contribution in [1.82, 2.24) is 5.32 Å². The Balaban J connectivity index is 1.84. The fourth-order valence-corrected chi connectivity index (χ4v) is 3.08. The minimum atomic E-state index is -0.480. The second kappa shape index (κ2) is 7.51. The summed E-state index contributed by atoms with van der Waals surface area (Å²) in [5.74, 6) is -0.725. The Morgan fingerprint density at radius 2 is 2.05 bits per heavy atom. The topological polar surface area (TPSA) is 46.2 Å². The van der Waals surface area contributed by atoms with Gasteiger partial charge in [-0.25, -0.2) is 4.39 Å². The third kappa shape index (κ3) is 4.39. The first-order valence-corrected chi connectivity index (χ1v) is 7.96. The molecule has 1 aromatic heterocycles. The number of amides is 1. The summed E-state index contributed by atoms with van der Waals surface area (Å²) in [4.78, 5) is 24.8. The number of ketones is 1. The van der Waals surface area contributed by atoms with Crippen molar-refractivity contribution in [2.45, 2.75) is 19.8 Å². The van der Waals surface area contributed by atoms with Gasteiger partial charge in [-0.3, -0.25) is 9.59 Å². The lowest BCUT2D eigenvalue weighted by atomic mass is 10.1. The molecule has 0 saturated heterocycles. The normalized spacial score (nSPS) is 10.5. The third-order valence-electron chi connectivity index (χ3n) is 3.10. The number of nitrogens with one attached hydrogen (secondary N) is 1. The second-order valence-corrected chi connectivity index (χ2v) is 6.37. The van der Waals surface area contributed by atoms with Crippen LogP contribution in [0.3, 0.4) is 0 Å². The number of rotatable bonds is 6. The van der Waals surface area contributed by atoms with Gasteiger partial charge in [0, 0.05) is 22.0 Å². The van der Waals surface area contributed by atoms with E-state index in [2.05, 4.69) is 5.32 Å². The van der Waals surface area contributed by atoms with E-state index >= 15 is 0 Å². The molecule has 2 aromatic rings. The van der Waals surface area contributed by atoms with Crippen molar-refractivity contribution < 1.29 is 14.0 Å². The first-order chi connectivity index (χ1) is 10.5. The predicted molar refractivity (Wildman–Crippen MR) is 86.2 cm³/mol. The number of benzene rings is 1. The summed E-state index contributed by atoms with van der Waals surface area (Å²) in [7, 11) is 0. The number of Topliss-reactive ketones (excluding diaryl/α,β-unsaturated/α-hetero) is 1. The monoisotopic (exact) mass is 339 g/mol. The Hall–Kier alpha value is -1.72. The lowest BCUT2D eigenvalue weighted by Crippen LogP contribution is -2.27. The molecule has 0 saturated carbocycles. The van der Waals surface area contributed by atoms with E-state index in [9.17, 15) is 14.0 Å². The van der Waals surface area contributed by atoms with E-state index in [-0.39, 0.29) is 28.7 Å².